The fourth-order valence-corrected chi connectivity index (χ4v) is 2.93. The minimum Gasteiger partial charge on any atom is -0.395 e. The molecule has 25 heavy (non-hydrogen) atoms. The molecule has 3 rings (SSSR count). The molecule has 3 aromatic rings. The van der Waals surface area contributed by atoms with Gasteiger partial charge in [-0.1, -0.05) is 54.6 Å². The third-order valence-electron chi connectivity index (χ3n) is 4.22. The maximum Gasteiger partial charge on any atom is 0.0695 e. The Morgan fingerprint density at radius 3 is 2.04 bits per heavy atom. The minimum atomic E-state index is 0.0684. The number of aromatic amines is 1. The molecule has 0 fully saturated rings. The largest absolute Gasteiger partial charge is 0.395 e. The molecule has 0 unspecified atom stereocenters. The molecule has 0 aliphatic heterocycles. The first-order valence-corrected chi connectivity index (χ1v) is 8.44. The van der Waals surface area contributed by atoms with E-state index < -0.39 is 0 Å². The van der Waals surface area contributed by atoms with Crippen LogP contribution in [-0.4, -0.2) is 51.6 Å². The number of hydrogen-bond acceptors (Lipinski definition) is 4. The Bertz CT molecular complexity index is 763. The molecular weight excluding hydrogens is 314 g/mol. The minimum absolute atomic E-state index is 0.0684. The molecule has 130 valence electrons. The van der Waals surface area contributed by atoms with Crippen LogP contribution in [-0.2, 0) is 6.54 Å². The SMILES string of the molecule is OCCN(CCO)Cc1cn[nH]c1-c1ccc(-c2ccccc2)cc1. The first kappa shape index (κ1) is 17.4. The Morgan fingerprint density at radius 2 is 1.40 bits per heavy atom. The highest BCUT2D eigenvalue weighted by atomic mass is 16.3. The highest BCUT2D eigenvalue weighted by molar-refractivity contribution is 5.69. The second-order valence-corrected chi connectivity index (χ2v) is 5.94. The van der Waals surface area contributed by atoms with E-state index in [9.17, 15) is 10.2 Å². The van der Waals surface area contributed by atoms with Crippen molar-refractivity contribution >= 4 is 0 Å². The molecule has 1 heterocycles. The van der Waals surface area contributed by atoms with Crippen LogP contribution in [0.3, 0.4) is 0 Å². The summed E-state index contributed by atoms with van der Waals surface area (Å²) in [6.07, 6.45) is 1.81. The number of aliphatic hydroxyl groups is 2. The lowest BCUT2D eigenvalue weighted by Gasteiger charge is -2.20. The average Bonchev–Trinajstić information content (AvgIpc) is 3.11. The first-order chi connectivity index (χ1) is 12.3. The van der Waals surface area contributed by atoms with Crippen LogP contribution >= 0.6 is 0 Å². The smallest absolute Gasteiger partial charge is 0.0695 e. The van der Waals surface area contributed by atoms with Gasteiger partial charge in [0.2, 0.25) is 0 Å². The van der Waals surface area contributed by atoms with Gasteiger partial charge >= 0.3 is 0 Å². The summed E-state index contributed by atoms with van der Waals surface area (Å²) in [5.74, 6) is 0. The number of rotatable bonds is 8. The van der Waals surface area contributed by atoms with E-state index in [1.165, 1.54) is 11.1 Å². The predicted molar refractivity (Wildman–Crippen MR) is 98.9 cm³/mol. The summed E-state index contributed by atoms with van der Waals surface area (Å²) in [6.45, 7) is 1.82. The van der Waals surface area contributed by atoms with Crippen LogP contribution in [0.25, 0.3) is 22.4 Å². The second-order valence-electron chi connectivity index (χ2n) is 5.94. The third-order valence-corrected chi connectivity index (χ3v) is 4.22. The van der Waals surface area contributed by atoms with Gasteiger partial charge in [0, 0.05) is 25.2 Å². The summed E-state index contributed by atoms with van der Waals surface area (Å²) in [7, 11) is 0. The number of H-pyrrole nitrogens is 1. The summed E-state index contributed by atoms with van der Waals surface area (Å²) >= 11 is 0. The van der Waals surface area contributed by atoms with Gasteiger partial charge in [-0.2, -0.15) is 5.10 Å². The monoisotopic (exact) mass is 337 g/mol. The molecule has 3 N–H and O–H groups in total. The molecule has 5 nitrogen and oxygen atoms in total. The van der Waals surface area contributed by atoms with Crippen LogP contribution < -0.4 is 0 Å². The van der Waals surface area contributed by atoms with Gasteiger partial charge in [-0.25, -0.2) is 0 Å². The summed E-state index contributed by atoms with van der Waals surface area (Å²) in [5, 5.41) is 25.6. The van der Waals surface area contributed by atoms with Crippen molar-refractivity contribution in [3.63, 3.8) is 0 Å². The number of nitrogens with one attached hydrogen (secondary N) is 1. The van der Waals surface area contributed by atoms with Crippen LogP contribution in [0.1, 0.15) is 5.56 Å². The molecule has 0 atom stereocenters. The van der Waals surface area contributed by atoms with E-state index in [0.29, 0.717) is 19.6 Å². The van der Waals surface area contributed by atoms with Gasteiger partial charge < -0.3 is 10.2 Å². The van der Waals surface area contributed by atoms with E-state index in [1.807, 2.05) is 29.3 Å². The zero-order valence-electron chi connectivity index (χ0n) is 14.1. The van der Waals surface area contributed by atoms with Crippen molar-refractivity contribution in [2.45, 2.75) is 6.54 Å². The molecule has 0 aliphatic carbocycles. The molecule has 2 aromatic carbocycles. The lowest BCUT2D eigenvalue weighted by atomic mass is 10.0. The highest BCUT2D eigenvalue weighted by Gasteiger charge is 2.12. The molecule has 0 aliphatic rings. The van der Waals surface area contributed by atoms with Crippen molar-refractivity contribution in [2.24, 2.45) is 0 Å². The van der Waals surface area contributed by atoms with Gasteiger partial charge in [0.1, 0.15) is 0 Å². The molecule has 5 heteroatoms. The van der Waals surface area contributed by atoms with Crippen LogP contribution in [0.15, 0.2) is 60.8 Å². The van der Waals surface area contributed by atoms with Crippen molar-refractivity contribution in [3.8, 4) is 22.4 Å². The van der Waals surface area contributed by atoms with Crippen LogP contribution in [0.4, 0.5) is 0 Å². The van der Waals surface area contributed by atoms with Crippen LogP contribution in [0.2, 0.25) is 0 Å². The molecule has 0 radical (unpaired) electrons. The molecule has 0 bridgehead atoms. The Morgan fingerprint density at radius 1 is 0.800 bits per heavy atom. The van der Waals surface area contributed by atoms with Crippen LogP contribution in [0, 0.1) is 0 Å². The molecule has 0 amide bonds. The van der Waals surface area contributed by atoms with Crippen molar-refractivity contribution in [3.05, 3.63) is 66.4 Å². The van der Waals surface area contributed by atoms with Gasteiger partial charge in [0.15, 0.2) is 0 Å². The van der Waals surface area contributed by atoms with Gasteiger partial charge in [-0.3, -0.25) is 10.00 Å². The number of nitrogens with zero attached hydrogens (tertiary/aromatic N) is 2. The number of hydrogen-bond donors (Lipinski definition) is 3. The Hall–Kier alpha value is -2.47. The van der Waals surface area contributed by atoms with Gasteiger partial charge in [-0.05, 0) is 16.7 Å². The van der Waals surface area contributed by atoms with Crippen LogP contribution in [0.5, 0.6) is 0 Å². The van der Waals surface area contributed by atoms with Gasteiger partial charge in [0.25, 0.3) is 0 Å². The second kappa shape index (κ2) is 8.58. The Labute approximate surface area is 147 Å². The van der Waals surface area contributed by atoms with Crippen molar-refractivity contribution in [1.82, 2.24) is 15.1 Å². The quantitative estimate of drug-likeness (QED) is 0.591. The number of benzene rings is 2. The summed E-state index contributed by atoms with van der Waals surface area (Å²) in [5.41, 5.74) is 5.46. The van der Waals surface area contributed by atoms with Crippen molar-refractivity contribution in [1.29, 1.82) is 0 Å². The van der Waals surface area contributed by atoms with E-state index >= 15 is 0 Å². The molecular formula is C20H23N3O2. The van der Waals surface area contributed by atoms with E-state index in [-0.39, 0.29) is 13.2 Å². The van der Waals surface area contributed by atoms with Gasteiger partial charge in [-0.15, -0.1) is 0 Å². The topological polar surface area (TPSA) is 72.4 Å². The Kier molecular flexibility index (Phi) is 5.95. The molecule has 0 spiro atoms. The normalized spacial score (nSPS) is 11.2. The lowest BCUT2D eigenvalue weighted by molar-refractivity contribution is 0.156. The van der Waals surface area contributed by atoms with E-state index in [0.717, 1.165) is 16.8 Å². The average molecular weight is 337 g/mol. The maximum atomic E-state index is 9.17. The molecule has 0 saturated heterocycles. The van der Waals surface area contributed by atoms with E-state index in [2.05, 4.69) is 46.6 Å². The fourth-order valence-electron chi connectivity index (χ4n) is 2.93. The van der Waals surface area contributed by atoms with Crippen molar-refractivity contribution in [2.75, 3.05) is 26.3 Å². The van der Waals surface area contributed by atoms with E-state index in [4.69, 9.17) is 0 Å². The Balaban J connectivity index is 1.80. The number of aromatic nitrogens is 2. The molecule has 0 saturated carbocycles. The fraction of sp³-hybridized carbons (Fsp3) is 0.250. The maximum absolute atomic E-state index is 9.17. The van der Waals surface area contributed by atoms with Crippen molar-refractivity contribution < 1.29 is 10.2 Å². The molecule has 1 aromatic heterocycles. The summed E-state index contributed by atoms with van der Waals surface area (Å²) < 4.78 is 0. The number of aliphatic hydroxyl groups excluding tert-OH is 2. The third kappa shape index (κ3) is 4.33. The highest BCUT2D eigenvalue weighted by Crippen LogP contribution is 2.26. The lowest BCUT2D eigenvalue weighted by Crippen LogP contribution is -2.29. The van der Waals surface area contributed by atoms with Gasteiger partial charge in [0.05, 0.1) is 25.1 Å². The first-order valence-electron chi connectivity index (χ1n) is 8.44. The summed E-state index contributed by atoms with van der Waals surface area (Å²) in [6, 6.07) is 18.7. The van der Waals surface area contributed by atoms with E-state index in [1.54, 1.807) is 0 Å². The zero-order valence-corrected chi connectivity index (χ0v) is 14.1. The predicted octanol–water partition coefficient (Wildman–Crippen LogP) is 2.53. The summed E-state index contributed by atoms with van der Waals surface area (Å²) in [4.78, 5) is 2.01. The standard InChI is InChI=1S/C20H23N3O2/c24-12-10-23(11-13-25)15-19-14-21-22-20(19)18-8-6-17(7-9-18)16-4-2-1-3-5-16/h1-9,14,24-25H,10-13,15H2,(H,21,22). The zero-order chi connectivity index (χ0) is 17.5.